The molecule has 11 heteroatoms. The zero-order chi connectivity index (χ0) is 28.6. The maximum absolute atomic E-state index is 13.7. The second-order valence-corrected chi connectivity index (χ2v) is 9.36. The van der Waals surface area contributed by atoms with Crippen molar-refractivity contribution < 1.29 is 13.6 Å². The van der Waals surface area contributed by atoms with Crippen molar-refractivity contribution in [1.82, 2.24) is 30.0 Å². The fourth-order valence-corrected chi connectivity index (χ4v) is 4.08. The van der Waals surface area contributed by atoms with Gasteiger partial charge < -0.3 is 15.5 Å². The molecule has 0 aliphatic carbocycles. The Bertz CT molecular complexity index is 1660. The highest BCUT2D eigenvalue weighted by Gasteiger charge is 2.16. The van der Waals surface area contributed by atoms with E-state index in [9.17, 15) is 18.4 Å². The molecule has 206 valence electrons. The molecular weight excluding hydrogens is 516 g/mol. The van der Waals surface area contributed by atoms with Gasteiger partial charge in [0.2, 0.25) is 0 Å². The van der Waals surface area contributed by atoms with Crippen LogP contribution in [0, 0.1) is 23.5 Å². The molecule has 2 aromatic carbocycles. The summed E-state index contributed by atoms with van der Waals surface area (Å²) in [5, 5.41) is 10.9. The topological polar surface area (TPSA) is 105 Å². The van der Waals surface area contributed by atoms with Crippen molar-refractivity contribution in [1.29, 1.82) is 0 Å². The molecule has 0 atom stereocenters. The summed E-state index contributed by atoms with van der Waals surface area (Å²) in [5.41, 5.74) is 1.64. The molecule has 0 aliphatic rings. The number of benzene rings is 2. The van der Waals surface area contributed by atoms with E-state index in [1.807, 2.05) is 37.2 Å². The van der Waals surface area contributed by atoms with E-state index in [4.69, 9.17) is 0 Å². The SMILES string of the molecule is CNc1ncnc2ccc(C#CCNC(=O)c3cc(CCCN(C)C)nn(Cc4ccc(F)c(F)c4)c3=O)cc12. The van der Waals surface area contributed by atoms with Gasteiger partial charge in [-0.15, -0.1) is 0 Å². The standard InChI is InChI=1S/C29H29F2N7O2/c1-32-27-22-14-19(9-11-26(22)34-18-35-27)6-4-12-33-28(39)23-16-21(7-5-13-37(2)3)36-38(29(23)40)17-20-8-10-24(30)25(31)15-20/h8-11,14-16,18H,5,7,12-13,17H2,1-3H3,(H,33,39)(H,32,34,35). The van der Waals surface area contributed by atoms with E-state index in [1.54, 1.807) is 7.05 Å². The average Bonchev–Trinajstić information content (AvgIpc) is 2.94. The van der Waals surface area contributed by atoms with Gasteiger partial charge in [0, 0.05) is 18.0 Å². The highest BCUT2D eigenvalue weighted by atomic mass is 19.2. The Hall–Kier alpha value is -4.69. The lowest BCUT2D eigenvalue weighted by atomic mass is 10.1. The van der Waals surface area contributed by atoms with Gasteiger partial charge in [0.15, 0.2) is 11.6 Å². The van der Waals surface area contributed by atoms with Gasteiger partial charge in [-0.1, -0.05) is 17.9 Å². The van der Waals surface area contributed by atoms with E-state index in [2.05, 4.69) is 37.5 Å². The number of aryl methyl sites for hydroxylation is 1. The van der Waals surface area contributed by atoms with Gasteiger partial charge >= 0.3 is 0 Å². The molecule has 0 fully saturated rings. The molecule has 4 rings (SSSR count). The molecule has 0 saturated carbocycles. The lowest BCUT2D eigenvalue weighted by molar-refractivity contribution is 0.0956. The Morgan fingerprint density at radius 2 is 1.90 bits per heavy atom. The number of rotatable bonds is 9. The minimum Gasteiger partial charge on any atom is -0.373 e. The van der Waals surface area contributed by atoms with Crippen molar-refractivity contribution in [3.63, 3.8) is 0 Å². The molecule has 0 unspecified atom stereocenters. The van der Waals surface area contributed by atoms with Gasteiger partial charge in [0.1, 0.15) is 17.7 Å². The number of amides is 1. The fraction of sp³-hybridized carbons (Fsp3) is 0.276. The van der Waals surface area contributed by atoms with Gasteiger partial charge in [-0.2, -0.15) is 5.10 Å². The summed E-state index contributed by atoms with van der Waals surface area (Å²) in [5.74, 6) is 3.98. The van der Waals surface area contributed by atoms with Crippen LogP contribution < -0.4 is 16.2 Å². The molecule has 2 heterocycles. The molecule has 2 aromatic heterocycles. The number of fused-ring (bicyclic) bond motifs is 1. The van der Waals surface area contributed by atoms with Crippen LogP contribution in [0.15, 0.2) is 53.6 Å². The van der Waals surface area contributed by atoms with Crippen LogP contribution in [0.1, 0.15) is 33.6 Å². The van der Waals surface area contributed by atoms with Crippen molar-refractivity contribution in [3.05, 3.63) is 93.2 Å². The van der Waals surface area contributed by atoms with E-state index < -0.39 is 23.1 Å². The van der Waals surface area contributed by atoms with Crippen LogP contribution in [-0.4, -0.2) is 64.8 Å². The monoisotopic (exact) mass is 545 g/mol. The number of aromatic nitrogens is 4. The zero-order valence-electron chi connectivity index (χ0n) is 22.5. The second-order valence-electron chi connectivity index (χ2n) is 9.36. The maximum Gasteiger partial charge on any atom is 0.279 e. The normalized spacial score (nSPS) is 10.8. The number of hydrogen-bond acceptors (Lipinski definition) is 7. The van der Waals surface area contributed by atoms with Crippen LogP contribution in [0.4, 0.5) is 14.6 Å². The quantitative estimate of drug-likeness (QED) is 0.312. The molecular formula is C29H29F2N7O2. The highest BCUT2D eigenvalue weighted by Crippen LogP contribution is 2.19. The number of nitrogens with zero attached hydrogens (tertiary/aromatic N) is 5. The summed E-state index contributed by atoms with van der Waals surface area (Å²) in [6.07, 6.45) is 2.76. The van der Waals surface area contributed by atoms with E-state index in [-0.39, 0.29) is 18.7 Å². The maximum atomic E-state index is 13.7. The molecule has 0 radical (unpaired) electrons. The first-order valence-corrected chi connectivity index (χ1v) is 12.6. The Morgan fingerprint density at radius 1 is 1.07 bits per heavy atom. The number of hydrogen-bond donors (Lipinski definition) is 2. The predicted molar refractivity (Wildman–Crippen MR) is 149 cm³/mol. The molecule has 0 spiro atoms. The van der Waals surface area contributed by atoms with Crippen LogP contribution in [0.5, 0.6) is 0 Å². The summed E-state index contributed by atoms with van der Waals surface area (Å²) in [7, 11) is 5.67. The minimum atomic E-state index is -1.02. The van der Waals surface area contributed by atoms with Crippen molar-refractivity contribution in [2.75, 3.05) is 39.5 Å². The molecule has 0 bridgehead atoms. The lowest BCUT2D eigenvalue weighted by Gasteiger charge is -2.12. The Morgan fingerprint density at radius 3 is 2.65 bits per heavy atom. The summed E-state index contributed by atoms with van der Waals surface area (Å²) in [6.45, 7) is 0.678. The largest absolute Gasteiger partial charge is 0.373 e. The average molecular weight is 546 g/mol. The van der Waals surface area contributed by atoms with E-state index >= 15 is 0 Å². The molecule has 1 amide bonds. The third-order valence-electron chi connectivity index (χ3n) is 6.07. The molecule has 2 N–H and O–H groups in total. The third-order valence-corrected chi connectivity index (χ3v) is 6.07. The second kappa shape index (κ2) is 12.9. The molecule has 9 nitrogen and oxygen atoms in total. The van der Waals surface area contributed by atoms with Crippen LogP contribution in [-0.2, 0) is 13.0 Å². The first-order valence-electron chi connectivity index (χ1n) is 12.6. The summed E-state index contributed by atoms with van der Waals surface area (Å²) >= 11 is 0. The van der Waals surface area contributed by atoms with Crippen LogP contribution in [0.25, 0.3) is 10.9 Å². The van der Waals surface area contributed by atoms with Crippen molar-refractivity contribution in [3.8, 4) is 11.8 Å². The number of halogens is 2. The van der Waals surface area contributed by atoms with Crippen LogP contribution in [0.2, 0.25) is 0 Å². The number of carbonyl (C=O) groups excluding carboxylic acids is 1. The Labute approximate surface area is 230 Å². The van der Waals surface area contributed by atoms with Gasteiger partial charge in [0.05, 0.1) is 24.3 Å². The zero-order valence-corrected chi connectivity index (χ0v) is 22.5. The third kappa shape index (κ3) is 7.03. The fourth-order valence-electron chi connectivity index (χ4n) is 4.08. The van der Waals surface area contributed by atoms with Gasteiger partial charge in [-0.05, 0) is 75.4 Å². The molecule has 40 heavy (non-hydrogen) atoms. The van der Waals surface area contributed by atoms with E-state index in [1.165, 1.54) is 18.5 Å². The summed E-state index contributed by atoms with van der Waals surface area (Å²) in [4.78, 5) is 36.6. The highest BCUT2D eigenvalue weighted by molar-refractivity contribution is 5.94. The van der Waals surface area contributed by atoms with Gasteiger partial charge in [-0.3, -0.25) is 9.59 Å². The first-order chi connectivity index (χ1) is 19.2. The minimum absolute atomic E-state index is 0.00193. The van der Waals surface area contributed by atoms with Crippen LogP contribution >= 0.6 is 0 Å². The number of anilines is 1. The van der Waals surface area contributed by atoms with Crippen LogP contribution in [0.3, 0.4) is 0 Å². The van der Waals surface area contributed by atoms with E-state index in [0.29, 0.717) is 29.1 Å². The van der Waals surface area contributed by atoms with Gasteiger partial charge in [0.25, 0.3) is 11.5 Å². The van der Waals surface area contributed by atoms with Crippen molar-refractivity contribution >= 4 is 22.6 Å². The van der Waals surface area contributed by atoms with E-state index in [0.717, 1.165) is 40.7 Å². The first kappa shape index (κ1) is 28.3. The lowest BCUT2D eigenvalue weighted by Crippen LogP contribution is -2.35. The summed E-state index contributed by atoms with van der Waals surface area (Å²) in [6, 6.07) is 10.4. The molecule has 0 saturated heterocycles. The van der Waals surface area contributed by atoms with Gasteiger partial charge in [-0.25, -0.2) is 23.4 Å². The molecule has 4 aromatic rings. The van der Waals surface area contributed by atoms with Crippen molar-refractivity contribution in [2.24, 2.45) is 0 Å². The Balaban J connectivity index is 1.53. The summed E-state index contributed by atoms with van der Waals surface area (Å²) < 4.78 is 28.2. The Kier molecular flexibility index (Phi) is 9.14. The molecule has 0 aliphatic heterocycles. The number of carbonyl (C=O) groups is 1. The predicted octanol–water partition coefficient (Wildman–Crippen LogP) is 2.83. The number of nitrogens with one attached hydrogen (secondary N) is 2. The van der Waals surface area contributed by atoms with Crippen molar-refractivity contribution in [2.45, 2.75) is 19.4 Å². The smallest absolute Gasteiger partial charge is 0.279 e.